The molecule has 0 aromatic heterocycles. The van der Waals surface area contributed by atoms with Gasteiger partial charge in [0, 0.05) is 43.9 Å². The van der Waals surface area contributed by atoms with Crippen molar-refractivity contribution in [3.63, 3.8) is 0 Å². The summed E-state index contributed by atoms with van der Waals surface area (Å²) in [5.74, 6) is 0.447. The fourth-order valence-electron chi connectivity index (χ4n) is 5.56. The average molecular weight is 508 g/mol. The van der Waals surface area contributed by atoms with Crippen molar-refractivity contribution in [2.75, 3.05) is 33.0 Å². The molecule has 190 valence electrons. The molecule has 9 heteroatoms. The maximum atomic E-state index is 13.9. The molecule has 1 fully saturated rings. The molecule has 0 bridgehead atoms. The molecule has 1 saturated heterocycles. The van der Waals surface area contributed by atoms with Crippen molar-refractivity contribution in [3.05, 3.63) is 94.5 Å². The lowest BCUT2D eigenvalue weighted by Gasteiger charge is -2.44. The van der Waals surface area contributed by atoms with E-state index >= 15 is 0 Å². The van der Waals surface area contributed by atoms with Gasteiger partial charge >= 0.3 is 6.18 Å². The maximum absolute atomic E-state index is 13.9. The van der Waals surface area contributed by atoms with Gasteiger partial charge in [-0.25, -0.2) is 0 Å². The van der Waals surface area contributed by atoms with Crippen LogP contribution in [0.5, 0.6) is 11.5 Å². The van der Waals surface area contributed by atoms with E-state index < -0.39 is 28.8 Å². The van der Waals surface area contributed by atoms with E-state index in [1.165, 1.54) is 12.1 Å². The molecule has 6 nitrogen and oxygen atoms in total. The van der Waals surface area contributed by atoms with E-state index in [9.17, 15) is 22.8 Å². The second-order valence-electron chi connectivity index (χ2n) is 9.44. The highest BCUT2D eigenvalue weighted by Crippen LogP contribution is 2.44. The number of ether oxygens (including phenoxy) is 2. The Morgan fingerprint density at radius 3 is 2.14 bits per heavy atom. The first kappa shape index (κ1) is 23.7. The number of rotatable bonds is 4. The molecule has 3 aromatic rings. The van der Waals surface area contributed by atoms with Crippen molar-refractivity contribution >= 4 is 11.6 Å². The lowest BCUT2D eigenvalue weighted by molar-refractivity contribution is -0.137. The molecule has 1 aliphatic carbocycles. The number of piperazine rings is 1. The number of Topliss-reactive ketones (excluding diaryl/α,β-unsaturated/α-hetero) is 2. The molecule has 0 unspecified atom stereocenters. The summed E-state index contributed by atoms with van der Waals surface area (Å²) in [6.45, 7) is 2.57. The first-order chi connectivity index (χ1) is 17.8. The molecule has 0 atom stereocenters. The van der Waals surface area contributed by atoms with E-state index in [2.05, 4.69) is 4.90 Å². The molecule has 0 amide bonds. The highest BCUT2D eigenvalue weighted by Gasteiger charge is 2.58. The van der Waals surface area contributed by atoms with Crippen LogP contribution >= 0.6 is 0 Å². The molecule has 0 saturated carbocycles. The standard InChI is InChI=1S/C28H23F3N2O4/c29-28(30,31)20-5-3-4-19(15-20)27(25(34)21-6-1-2-7-22(21)26(27)35)33-12-10-32(11-13-33)16-18-8-9-23-24(14-18)37-17-36-23/h1-9,14-15H,10-13,16-17H2. The lowest BCUT2D eigenvalue weighted by Crippen LogP contribution is -2.60. The third-order valence-corrected chi connectivity index (χ3v) is 7.37. The zero-order chi connectivity index (χ0) is 25.8. The van der Waals surface area contributed by atoms with E-state index in [1.807, 2.05) is 18.2 Å². The van der Waals surface area contributed by atoms with Crippen molar-refractivity contribution in [1.82, 2.24) is 9.80 Å². The monoisotopic (exact) mass is 508 g/mol. The van der Waals surface area contributed by atoms with Gasteiger partial charge in [0.25, 0.3) is 0 Å². The van der Waals surface area contributed by atoms with Crippen LogP contribution in [0.25, 0.3) is 0 Å². The van der Waals surface area contributed by atoms with Gasteiger partial charge in [0.1, 0.15) is 0 Å². The fraction of sp³-hybridized carbons (Fsp3) is 0.286. The second-order valence-corrected chi connectivity index (χ2v) is 9.44. The Kier molecular flexibility index (Phi) is 5.58. The van der Waals surface area contributed by atoms with Crippen LogP contribution in [0.4, 0.5) is 13.2 Å². The number of ketones is 2. The average Bonchev–Trinajstić information content (AvgIpc) is 3.45. The lowest BCUT2D eigenvalue weighted by atomic mass is 9.81. The number of nitrogens with zero attached hydrogens (tertiary/aromatic N) is 2. The first-order valence-electron chi connectivity index (χ1n) is 12.0. The number of benzene rings is 3. The minimum atomic E-state index is -4.60. The Hall–Kier alpha value is -3.69. The normalized spacial score (nSPS) is 19.3. The minimum absolute atomic E-state index is 0.0535. The van der Waals surface area contributed by atoms with E-state index in [4.69, 9.17) is 9.47 Å². The number of fused-ring (bicyclic) bond motifs is 2. The summed E-state index contributed by atoms with van der Waals surface area (Å²) in [5, 5.41) is 0. The molecule has 6 rings (SSSR count). The van der Waals surface area contributed by atoms with Gasteiger partial charge < -0.3 is 9.47 Å². The summed E-state index contributed by atoms with van der Waals surface area (Å²) in [6, 6.07) is 16.8. The zero-order valence-electron chi connectivity index (χ0n) is 19.8. The molecular weight excluding hydrogens is 485 g/mol. The first-order valence-corrected chi connectivity index (χ1v) is 12.0. The molecular formula is C28H23F3N2O4. The Labute approximate surface area is 211 Å². The smallest absolute Gasteiger partial charge is 0.416 e. The summed E-state index contributed by atoms with van der Waals surface area (Å²) < 4.78 is 51.7. The summed E-state index contributed by atoms with van der Waals surface area (Å²) >= 11 is 0. The van der Waals surface area contributed by atoms with Crippen molar-refractivity contribution in [2.45, 2.75) is 18.3 Å². The topological polar surface area (TPSA) is 59.1 Å². The van der Waals surface area contributed by atoms with Gasteiger partial charge in [0.2, 0.25) is 6.79 Å². The Balaban J connectivity index is 1.32. The molecule has 37 heavy (non-hydrogen) atoms. The highest BCUT2D eigenvalue weighted by molar-refractivity contribution is 6.32. The maximum Gasteiger partial charge on any atom is 0.416 e. The van der Waals surface area contributed by atoms with Gasteiger partial charge in [0.15, 0.2) is 28.6 Å². The van der Waals surface area contributed by atoms with Gasteiger partial charge in [0.05, 0.1) is 5.56 Å². The van der Waals surface area contributed by atoms with E-state index in [-0.39, 0.29) is 23.5 Å². The summed E-state index contributed by atoms with van der Waals surface area (Å²) in [6.07, 6.45) is -4.60. The quantitative estimate of drug-likeness (QED) is 0.483. The summed E-state index contributed by atoms with van der Waals surface area (Å²) in [4.78, 5) is 31.7. The molecule has 2 heterocycles. The van der Waals surface area contributed by atoms with Gasteiger partial charge in [-0.05, 0) is 35.4 Å². The molecule has 3 aliphatic rings. The van der Waals surface area contributed by atoms with Crippen LogP contribution in [-0.4, -0.2) is 54.3 Å². The van der Waals surface area contributed by atoms with E-state index in [0.29, 0.717) is 44.2 Å². The minimum Gasteiger partial charge on any atom is -0.454 e. The Bertz CT molecular complexity index is 1360. The predicted octanol–water partition coefficient (Wildman–Crippen LogP) is 4.53. The van der Waals surface area contributed by atoms with E-state index in [0.717, 1.165) is 17.7 Å². The van der Waals surface area contributed by atoms with E-state index in [1.54, 1.807) is 29.2 Å². The van der Waals surface area contributed by atoms with Crippen LogP contribution in [0.1, 0.15) is 37.4 Å². The largest absolute Gasteiger partial charge is 0.454 e. The molecule has 3 aromatic carbocycles. The van der Waals surface area contributed by atoms with Crippen LogP contribution < -0.4 is 9.47 Å². The zero-order valence-corrected chi connectivity index (χ0v) is 19.8. The number of hydrogen-bond acceptors (Lipinski definition) is 6. The highest BCUT2D eigenvalue weighted by atomic mass is 19.4. The van der Waals surface area contributed by atoms with Crippen LogP contribution in [0.2, 0.25) is 0 Å². The third-order valence-electron chi connectivity index (χ3n) is 7.37. The number of carbonyl (C=O) groups is 2. The van der Waals surface area contributed by atoms with Crippen molar-refractivity contribution in [1.29, 1.82) is 0 Å². The fourth-order valence-corrected chi connectivity index (χ4v) is 5.56. The number of halogens is 3. The molecule has 0 N–H and O–H groups in total. The van der Waals surface area contributed by atoms with Gasteiger partial charge in [-0.2, -0.15) is 13.2 Å². The van der Waals surface area contributed by atoms with Crippen molar-refractivity contribution in [2.24, 2.45) is 0 Å². The summed E-state index contributed by atoms with van der Waals surface area (Å²) in [7, 11) is 0. The molecule has 2 aliphatic heterocycles. The summed E-state index contributed by atoms with van der Waals surface area (Å²) in [5.41, 5.74) is -1.14. The SMILES string of the molecule is O=C1c2ccccc2C(=O)C1(c1cccc(C(F)(F)F)c1)N1CCN(Cc2ccc3c(c2)OCO3)CC1. The number of alkyl halides is 3. The number of hydrogen-bond donors (Lipinski definition) is 0. The molecule has 0 radical (unpaired) electrons. The Morgan fingerprint density at radius 2 is 1.46 bits per heavy atom. The molecule has 0 spiro atoms. The van der Waals surface area contributed by atoms with Crippen molar-refractivity contribution in [3.8, 4) is 11.5 Å². The van der Waals surface area contributed by atoms with Gasteiger partial charge in [-0.15, -0.1) is 0 Å². The Morgan fingerprint density at radius 1 is 0.784 bits per heavy atom. The van der Waals surface area contributed by atoms with Gasteiger partial charge in [-0.1, -0.05) is 42.5 Å². The predicted molar refractivity (Wildman–Crippen MR) is 128 cm³/mol. The number of carbonyl (C=O) groups excluding carboxylic acids is 2. The third kappa shape index (κ3) is 3.81. The van der Waals surface area contributed by atoms with Gasteiger partial charge in [-0.3, -0.25) is 19.4 Å². The van der Waals surface area contributed by atoms with Crippen LogP contribution in [0, 0.1) is 0 Å². The second kappa shape index (κ2) is 8.71. The van der Waals surface area contributed by atoms with Crippen molar-refractivity contribution < 1.29 is 32.2 Å². The van der Waals surface area contributed by atoms with Crippen LogP contribution in [0.15, 0.2) is 66.7 Å². The van der Waals surface area contributed by atoms with Crippen LogP contribution in [-0.2, 0) is 18.3 Å². The van der Waals surface area contributed by atoms with Crippen LogP contribution in [0.3, 0.4) is 0 Å².